The first kappa shape index (κ1) is 13.6. The van der Waals surface area contributed by atoms with Crippen molar-refractivity contribution in [3.05, 3.63) is 65.7 Å². The van der Waals surface area contributed by atoms with Crippen molar-refractivity contribution >= 4 is 0 Å². The molecule has 19 heavy (non-hydrogen) atoms. The number of para-hydroxylation sites is 1. The third-order valence-electron chi connectivity index (χ3n) is 3.50. The summed E-state index contributed by atoms with van der Waals surface area (Å²) in [4.78, 5) is 0. The van der Waals surface area contributed by atoms with Crippen LogP contribution >= 0.6 is 0 Å². The number of hydrogen-bond donors (Lipinski definition) is 2. The second-order valence-electron chi connectivity index (χ2n) is 5.00. The molecule has 2 unspecified atom stereocenters. The zero-order valence-corrected chi connectivity index (χ0v) is 11.5. The maximum atomic E-state index is 9.82. The standard InChI is InChI=1S/C17H21NO/c1-13(15-8-4-3-5-9-15)12-18-14(2)16-10-6-7-11-17(16)19/h3-11,13-14,18-19H,12H2,1-2H3. The Bertz CT molecular complexity index is 510. The van der Waals surface area contributed by atoms with Gasteiger partial charge in [0.15, 0.2) is 0 Å². The lowest BCUT2D eigenvalue weighted by Gasteiger charge is -2.19. The van der Waals surface area contributed by atoms with Crippen LogP contribution in [-0.4, -0.2) is 11.7 Å². The predicted octanol–water partition coefficient (Wildman–Crippen LogP) is 3.85. The fourth-order valence-electron chi connectivity index (χ4n) is 2.22. The van der Waals surface area contributed by atoms with E-state index in [1.807, 2.05) is 24.3 Å². The molecule has 2 aromatic carbocycles. The zero-order valence-electron chi connectivity index (χ0n) is 11.5. The minimum absolute atomic E-state index is 0.146. The molecular formula is C17H21NO. The van der Waals surface area contributed by atoms with Crippen LogP contribution in [0.2, 0.25) is 0 Å². The van der Waals surface area contributed by atoms with Gasteiger partial charge in [0, 0.05) is 18.2 Å². The highest BCUT2D eigenvalue weighted by Crippen LogP contribution is 2.23. The Morgan fingerprint density at radius 1 is 0.947 bits per heavy atom. The van der Waals surface area contributed by atoms with E-state index < -0.39 is 0 Å². The van der Waals surface area contributed by atoms with Gasteiger partial charge in [-0.15, -0.1) is 0 Å². The number of hydrogen-bond acceptors (Lipinski definition) is 2. The van der Waals surface area contributed by atoms with Crippen molar-refractivity contribution < 1.29 is 5.11 Å². The largest absolute Gasteiger partial charge is 0.508 e. The van der Waals surface area contributed by atoms with E-state index in [1.165, 1.54) is 5.56 Å². The Balaban J connectivity index is 1.94. The normalized spacial score (nSPS) is 14.0. The van der Waals surface area contributed by atoms with Crippen molar-refractivity contribution in [2.75, 3.05) is 6.54 Å². The number of aromatic hydroxyl groups is 1. The highest BCUT2D eigenvalue weighted by molar-refractivity contribution is 5.34. The van der Waals surface area contributed by atoms with E-state index >= 15 is 0 Å². The fourth-order valence-corrected chi connectivity index (χ4v) is 2.22. The van der Waals surface area contributed by atoms with Gasteiger partial charge in [0.2, 0.25) is 0 Å². The molecule has 0 aliphatic rings. The van der Waals surface area contributed by atoms with Crippen molar-refractivity contribution in [1.82, 2.24) is 5.32 Å². The van der Waals surface area contributed by atoms with Crippen molar-refractivity contribution in [2.24, 2.45) is 0 Å². The summed E-state index contributed by atoms with van der Waals surface area (Å²) in [5.74, 6) is 0.810. The van der Waals surface area contributed by atoms with Crippen LogP contribution in [0, 0.1) is 0 Å². The van der Waals surface area contributed by atoms with E-state index in [9.17, 15) is 5.11 Å². The Labute approximate surface area is 115 Å². The number of phenolic OH excluding ortho intramolecular Hbond substituents is 1. The molecule has 2 heteroatoms. The van der Waals surface area contributed by atoms with Crippen LogP contribution in [0.1, 0.15) is 36.9 Å². The van der Waals surface area contributed by atoms with Gasteiger partial charge >= 0.3 is 0 Å². The average Bonchev–Trinajstić information content (AvgIpc) is 2.46. The van der Waals surface area contributed by atoms with Gasteiger partial charge in [-0.1, -0.05) is 55.5 Å². The summed E-state index contributed by atoms with van der Waals surface area (Å²) in [6.07, 6.45) is 0. The van der Waals surface area contributed by atoms with Crippen molar-refractivity contribution in [2.45, 2.75) is 25.8 Å². The first-order chi connectivity index (χ1) is 9.18. The summed E-state index contributed by atoms with van der Waals surface area (Å²) in [6, 6.07) is 18.1. The minimum atomic E-state index is 0.146. The number of phenols is 1. The van der Waals surface area contributed by atoms with Gasteiger partial charge in [-0.05, 0) is 24.5 Å². The molecule has 0 spiro atoms. The third-order valence-corrected chi connectivity index (χ3v) is 3.50. The van der Waals surface area contributed by atoms with E-state index in [4.69, 9.17) is 0 Å². The van der Waals surface area contributed by atoms with Crippen LogP contribution in [-0.2, 0) is 0 Å². The van der Waals surface area contributed by atoms with Crippen molar-refractivity contribution in [3.8, 4) is 5.75 Å². The van der Waals surface area contributed by atoms with Gasteiger partial charge < -0.3 is 10.4 Å². The van der Waals surface area contributed by atoms with E-state index in [0.717, 1.165) is 12.1 Å². The average molecular weight is 255 g/mol. The van der Waals surface area contributed by atoms with Gasteiger partial charge in [-0.3, -0.25) is 0 Å². The summed E-state index contributed by atoms with van der Waals surface area (Å²) < 4.78 is 0. The number of rotatable bonds is 5. The van der Waals surface area contributed by atoms with Crippen LogP contribution in [0.3, 0.4) is 0 Å². The number of nitrogens with one attached hydrogen (secondary N) is 1. The SMILES string of the molecule is CC(CNC(C)c1ccccc1O)c1ccccc1. The van der Waals surface area contributed by atoms with E-state index in [2.05, 4.69) is 43.4 Å². The molecule has 0 fully saturated rings. The summed E-state index contributed by atoms with van der Waals surface area (Å²) in [5.41, 5.74) is 2.28. The molecule has 0 radical (unpaired) electrons. The first-order valence-electron chi connectivity index (χ1n) is 6.74. The van der Waals surface area contributed by atoms with Gasteiger partial charge in [0.1, 0.15) is 5.75 Å². The Morgan fingerprint density at radius 2 is 1.58 bits per heavy atom. The molecule has 2 rings (SSSR count). The van der Waals surface area contributed by atoms with Crippen LogP contribution < -0.4 is 5.32 Å². The summed E-state index contributed by atoms with van der Waals surface area (Å²) in [6.45, 7) is 5.17. The monoisotopic (exact) mass is 255 g/mol. The van der Waals surface area contributed by atoms with Crippen molar-refractivity contribution in [3.63, 3.8) is 0 Å². The highest BCUT2D eigenvalue weighted by Gasteiger charge is 2.11. The van der Waals surface area contributed by atoms with E-state index in [1.54, 1.807) is 6.07 Å². The molecule has 0 aliphatic carbocycles. The third kappa shape index (κ3) is 3.58. The molecule has 2 aromatic rings. The molecule has 0 saturated carbocycles. The van der Waals surface area contributed by atoms with Crippen LogP contribution in [0.25, 0.3) is 0 Å². The Kier molecular flexibility index (Phi) is 4.58. The second kappa shape index (κ2) is 6.39. The molecule has 0 heterocycles. The lowest BCUT2D eigenvalue weighted by Crippen LogP contribution is -2.23. The van der Waals surface area contributed by atoms with Gasteiger partial charge in [-0.25, -0.2) is 0 Å². The molecule has 0 saturated heterocycles. The highest BCUT2D eigenvalue weighted by atomic mass is 16.3. The van der Waals surface area contributed by atoms with Gasteiger partial charge in [0.25, 0.3) is 0 Å². The molecular weight excluding hydrogens is 234 g/mol. The van der Waals surface area contributed by atoms with E-state index in [0.29, 0.717) is 11.7 Å². The first-order valence-corrected chi connectivity index (χ1v) is 6.74. The van der Waals surface area contributed by atoms with Crippen LogP contribution in [0.4, 0.5) is 0 Å². The zero-order chi connectivity index (χ0) is 13.7. The molecule has 2 atom stereocenters. The topological polar surface area (TPSA) is 32.3 Å². The van der Waals surface area contributed by atoms with Crippen molar-refractivity contribution in [1.29, 1.82) is 0 Å². The summed E-state index contributed by atoms with van der Waals surface area (Å²) >= 11 is 0. The smallest absolute Gasteiger partial charge is 0.120 e. The molecule has 2 N–H and O–H groups in total. The number of benzene rings is 2. The molecule has 0 aliphatic heterocycles. The molecule has 0 aromatic heterocycles. The lowest BCUT2D eigenvalue weighted by atomic mass is 10.0. The summed E-state index contributed by atoms with van der Waals surface area (Å²) in [7, 11) is 0. The predicted molar refractivity (Wildman–Crippen MR) is 79.4 cm³/mol. The molecule has 100 valence electrons. The molecule has 2 nitrogen and oxygen atoms in total. The molecule has 0 amide bonds. The lowest BCUT2D eigenvalue weighted by molar-refractivity contribution is 0.449. The minimum Gasteiger partial charge on any atom is -0.508 e. The Hall–Kier alpha value is -1.80. The summed E-state index contributed by atoms with van der Waals surface area (Å²) in [5, 5.41) is 13.3. The maximum absolute atomic E-state index is 9.82. The maximum Gasteiger partial charge on any atom is 0.120 e. The van der Waals surface area contributed by atoms with E-state index in [-0.39, 0.29) is 6.04 Å². The quantitative estimate of drug-likeness (QED) is 0.850. The second-order valence-corrected chi connectivity index (χ2v) is 5.00. The Morgan fingerprint density at radius 3 is 2.26 bits per heavy atom. The van der Waals surface area contributed by atoms with Crippen LogP contribution in [0.15, 0.2) is 54.6 Å². The van der Waals surface area contributed by atoms with Gasteiger partial charge in [-0.2, -0.15) is 0 Å². The van der Waals surface area contributed by atoms with Gasteiger partial charge in [0.05, 0.1) is 0 Å². The fraction of sp³-hybridized carbons (Fsp3) is 0.294. The molecule has 0 bridgehead atoms. The van der Waals surface area contributed by atoms with Crippen LogP contribution in [0.5, 0.6) is 5.75 Å².